The summed E-state index contributed by atoms with van der Waals surface area (Å²) in [5.74, 6) is 2.47. The van der Waals surface area contributed by atoms with Gasteiger partial charge in [-0.05, 0) is 36.4 Å². The van der Waals surface area contributed by atoms with Crippen molar-refractivity contribution in [3.05, 3.63) is 60.4 Å². The average molecular weight is 346 g/mol. The van der Waals surface area contributed by atoms with Crippen LogP contribution in [0.3, 0.4) is 0 Å². The molecule has 0 saturated carbocycles. The second kappa shape index (κ2) is 6.72. The van der Waals surface area contributed by atoms with E-state index in [9.17, 15) is 0 Å². The first-order chi connectivity index (χ1) is 12.7. The number of hydrogen-bond donors (Lipinski definition) is 3. The average Bonchev–Trinajstić information content (AvgIpc) is 3.09. The predicted octanol–water partition coefficient (Wildman–Crippen LogP) is 3.22. The second-order valence-corrected chi connectivity index (χ2v) is 5.78. The summed E-state index contributed by atoms with van der Waals surface area (Å²) in [5, 5.41) is 3.25. The maximum absolute atomic E-state index is 5.87. The molecule has 0 amide bonds. The number of nitrogens with two attached hydrogens (primary N) is 1. The Bertz CT molecular complexity index is 1010. The third-order valence-electron chi connectivity index (χ3n) is 4.00. The van der Waals surface area contributed by atoms with Gasteiger partial charge in [0.2, 0.25) is 5.95 Å². The van der Waals surface area contributed by atoms with Crippen LogP contribution in [0.25, 0.3) is 22.3 Å². The Hall–Kier alpha value is -3.61. The normalized spacial score (nSPS) is 10.8. The molecule has 0 aliphatic carbocycles. The van der Waals surface area contributed by atoms with Gasteiger partial charge >= 0.3 is 0 Å². The second-order valence-electron chi connectivity index (χ2n) is 5.78. The Labute approximate surface area is 150 Å². The molecule has 4 rings (SSSR count). The fourth-order valence-corrected chi connectivity index (χ4v) is 2.73. The van der Waals surface area contributed by atoms with Gasteiger partial charge in [0.05, 0.1) is 30.4 Å². The Kier molecular flexibility index (Phi) is 4.10. The number of aromatic nitrogens is 4. The van der Waals surface area contributed by atoms with Gasteiger partial charge in [-0.25, -0.2) is 9.97 Å². The lowest BCUT2D eigenvalue weighted by Gasteiger charge is -2.08. The predicted molar refractivity (Wildman–Crippen MR) is 102 cm³/mol. The molecule has 4 N–H and O–H groups in total. The highest BCUT2D eigenvalue weighted by Crippen LogP contribution is 2.23. The van der Waals surface area contributed by atoms with Gasteiger partial charge in [-0.15, -0.1) is 0 Å². The van der Waals surface area contributed by atoms with Gasteiger partial charge in [0.1, 0.15) is 17.4 Å². The first-order valence-corrected chi connectivity index (χ1v) is 8.18. The molecule has 2 heterocycles. The third-order valence-corrected chi connectivity index (χ3v) is 4.00. The highest BCUT2D eigenvalue weighted by Gasteiger charge is 2.07. The maximum atomic E-state index is 5.87. The number of rotatable bonds is 5. The number of aromatic amines is 1. The van der Waals surface area contributed by atoms with Crippen molar-refractivity contribution < 1.29 is 4.74 Å². The summed E-state index contributed by atoms with van der Waals surface area (Å²) < 4.78 is 5.18. The topological polar surface area (TPSA) is 102 Å². The molecule has 7 nitrogen and oxygen atoms in total. The molecule has 0 spiro atoms. The van der Waals surface area contributed by atoms with Crippen molar-refractivity contribution in [3.63, 3.8) is 0 Å². The molecule has 2 aromatic heterocycles. The number of para-hydroxylation sites is 2. The summed E-state index contributed by atoms with van der Waals surface area (Å²) in [6.07, 6.45) is 0. The van der Waals surface area contributed by atoms with E-state index in [-0.39, 0.29) is 5.95 Å². The number of nitrogen functional groups attached to an aromatic ring is 1. The number of imidazole rings is 1. The van der Waals surface area contributed by atoms with Crippen molar-refractivity contribution in [2.75, 3.05) is 18.2 Å². The van der Waals surface area contributed by atoms with Crippen molar-refractivity contribution in [2.45, 2.75) is 6.54 Å². The van der Waals surface area contributed by atoms with Crippen LogP contribution in [0.2, 0.25) is 0 Å². The Balaban J connectivity index is 1.55. The number of ether oxygens (including phenoxy) is 1. The van der Waals surface area contributed by atoms with E-state index >= 15 is 0 Å². The molecule has 7 heteroatoms. The summed E-state index contributed by atoms with van der Waals surface area (Å²) in [4.78, 5) is 16.4. The SMILES string of the molecule is COc1ccc(-c2cc(NCc3nc4ccccc4[nH]3)nc(N)n2)cc1. The van der Waals surface area contributed by atoms with Gasteiger partial charge in [-0.2, -0.15) is 4.98 Å². The summed E-state index contributed by atoms with van der Waals surface area (Å²) in [6.45, 7) is 0.507. The molecule has 130 valence electrons. The molecular formula is C19H18N6O. The van der Waals surface area contributed by atoms with E-state index in [0.717, 1.165) is 33.9 Å². The van der Waals surface area contributed by atoms with Crippen LogP contribution < -0.4 is 15.8 Å². The van der Waals surface area contributed by atoms with E-state index in [1.54, 1.807) is 7.11 Å². The fraction of sp³-hybridized carbons (Fsp3) is 0.105. The summed E-state index contributed by atoms with van der Waals surface area (Å²) in [5.41, 5.74) is 9.49. The molecule has 0 saturated heterocycles. The van der Waals surface area contributed by atoms with Crippen LogP contribution in [-0.2, 0) is 6.54 Å². The van der Waals surface area contributed by atoms with Crippen molar-refractivity contribution in [1.82, 2.24) is 19.9 Å². The highest BCUT2D eigenvalue weighted by molar-refractivity contribution is 5.74. The molecule has 0 fully saturated rings. The molecule has 0 aliphatic heterocycles. The molecule has 26 heavy (non-hydrogen) atoms. The van der Waals surface area contributed by atoms with E-state index < -0.39 is 0 Å². The van der Waals surface area contributed by atoms with Crippen molar-refractivity contribution in [2.24, 2.45) is 0 Å². The lowest BCUT2D eigenvalue weighted by molar-refractivity contribution is 0.415. The van der Waals surface area contributed by atoms with E-state index in [1.165, 1.54) is 0 Å². The number of fused-ring (bicyclic) bond motifs is 1. The van der Waals surface area contributed by atoms with E-state index in [2.05, 4.69) is 25.3 Å². The van der Waals surface area contributed by atoms with Crippen LogP contribution in [0.1, 0.15) is 5.82 Å². The minimum Gasteiger partial charge on any atom is -0.497 e. The Morgan fingerprint density at radius 2 is 1.85 bits per heavy atom. The number of H-pyrrole nitrogens is 1. The van der Waals surface area contributed by atoms with Gasteiger partial charge in [0.25, 0.3) is 0 Å². The van der Waals surface area contributed by atoms with Crippen LogP contribution in [-0.4, -0.2) is 27.0 Å². The molecule has 2 aromatic carbocycles. The fourth-order valence-electron chi connectivity index (χ4n) is 2.73. The number of nitrogens with zero attached hydrogens (tertiary/aromatic N) is 3. The van der Waals surface area contributed by atoms with E-state index in [0.29, 0.717) is 12.4 Å². The molecular weight excluding hydrogens is 328 g/mol. The number of nitrogens with one attached hydrogen (secondary N) is 2. The lowest BCUT2D eigenvalue weighted by atomic mass is 10.1. The number of hydrogen-bond acceptors (Lipinski definition) is 6. The summed E-state index contributed by atoms with van der Waals surface area (Å²) in [6, 6.07) is 17.4. The molecule has 0 unspecified atom stereocenters. The van der Waals surface area contributed by atoms with Crippen LogP contribution >= 0.6 is 0 Å². The maximum Gasteiger partial charge on any atom is 0.222 e. The van der Waals surface area contributed by atoms with E-state index in [4.69, 9.17) is 10.5 Å². The van der Waals surface area contributed by atoms with Gasteiger partial charge in [0, 0.05) is 11.6 Å². The van der Waals surface area contributed by atoms with Crippen LogP contribution in [0.15, 0.2) is 54.6 Å². The van der Waals surface area contributed by atoms with Crippen LogP contribution in [0, 0.1) is 0 Å². The molecule has 0 aliphatic rings. The quantitative estimate of drug-likeness (QED) is 0.513. The lowest BCUT2D eigenvalue weighted by Crippen LogP contribution is -2.06. The molecule has 4 aromatic rings. The zero-order valence-electron chi connectivity index (χ0n) is 14.2. The zero-order valence-corrected chi connectivity index (χ0v) is 14.2. The Morgan fingerprint density at radius 1 is 1.04 bits per heavy atom. The van der Waals surface area contributed by atoms with Gasteiger partial charge in [0.15, 0.2) is 0 Å². The van der Waals surface area contributed by atoms with Crippen LogP contribution in [0.4, 0.5) is 11.8 Å². The molecule has 0 radical (unpaired) electrons. The highest BCUT2D eigenvalue weighted by atomic mass is 16.5. The van der Waals surface area contributed by atoms with Crippen molar-refractivity contribution in [1.29, 1.82) is 0 Å². The minimum atomic E-state index is 0.213. The first kappa shape index (κ1) is 15.9. The van der Waals surface area contributed by atoms with Gasteiger partial charge in [-0.1, -0.05) is 12.1 Å². The summed E-state index contributed by atoms with van der Waals surface area (Å²) in [7, 11) is 1.64. The van der Waals surface area contributed by atoms with Gasteiger partial charge in [-0.3, -0.25) is 0 Å². The van der Waals surface area contributed by atoms with Gasteiger partial charge < -0.3 is 20.8 Å². The zero-order chi connectivity index (χ0) is 17.9. The Morgan fingerprint density at radius 3 is 2.62 bits per heavy atom. The van der Waals surface area contributed by atoms with Crippen LogP contribution in [0.5, 0.6) is 5.75 Å². The first-order valence-electron chi connectivity index (χ1n) is 8.18. The van der Waals surface area contributed by atoms with Crippen molar-refractivity contribution in [3.8, 4) is 17.0 Å². The molecule has 0 bridgehead atoms. The smallest absolute Gasteiger partial charge is 0.222 e. The van der Waals surface area contributed by atoms with E-state index in [1.807, 2.05) is 54.6 Å². The van der Waals surface area contributed by atoms with Crippen molar-refractivity contribution >= 4 is 22.8 Å². The minimum absolute atomic E-state index is 0.213. The number of benzene rings is 2. The largest absolute Gasteiger partial charge is 0.497 e. The monoisotopic (exact) mass is 346 g/mol. The third kappa shape index (κ3) is 3.27. The number of anilines is 2. The standard InChI is InChI=1S/C19H18N6O/c1-26-13-8-6-12(7-9-13)16-10-17(25-19(20)24-16)21-11-18-22-14-4-2-3-5-15(14)23-18/h2-10H,11H2,1H3,(H,22,23)(H3,20,21,24,25). The number of methoxy groups -OCH3 is 1. The summed E-state index contributed by atoms with van der Waals surface area (Å²) >= 11 is 0. The molecule has 0 atom stereocenters.